The lowest BCUT2D eigenvalue weighted by atomic mass is 9.73. The third-order valence-corrected chi connectivity index (χ3v) is 8.99. The molecule has 0 amide bonds. The van der Waals surface area contributed by atoms with Crippen LogP contribution in [0.3, 0.4) is 0 Å². The molecule has 204 valence electrons. The smallest absolute Gasteiger partial charge is 0.232 e. The minimum atomic E-state index is 0.296. The first-order valence-electron chi connectivity index (χ1n) is 13.6. The van der Waals surface area contributed by atoms with Gasteiger partial charge in [0.15, 0.2) is 0 Å². The molecule has 2 aliphatic rings. The Bertz CT molecular complexity index is 1450. The first-order valence-corrected chi connectivity index (χ1v) is 13.9. The van der Waals surface area contributed by atoms with Gasteiger partial charge in [0.05, 0.1) is 26.1 Å². The zero-order chi connectivity index (χ0) is 27.0. The summed E-state index contributed by atoms with van der Waals surface area (Å²) in [6.07, 6.45) is 9.55. The lowest BCUT2D eigenvalue weighted by Gasteiger charge is -2.44. The second-order valence-corrected chi connectivity index (χ2v) is 11.0. The molecule has 1 saturated carbocycles. The largest absolute Gasteiger partial charge is 0.497 e. The molecule has 1 aliphatic carbocycles. The van der Waals surface area contributed by atoms with Crippen molar-refractivity contribution >= 4 is 28.6 Å². The Morgan fingerprint density at radius 3 is 2.62 bits per heavy atom. The van der Waals surface area contributed by atoms with E-state index in [-0.39, 0.29) is 0 Å². The molecule has 6 rings (SSSR count). The molecule has 2 fully saturated rings. The second kappa shape index (κ2) is 10.6. The van der Waals surface area contributed by atoms with Gasteiger partial charge in [0, 0.05) is 36.9 Å². The Morgan fingerprint density at radius 1 is 1.08 bits per heavy atom. The van der Waals surface area contributed by atoms with E-state index >= 15 is 0 Å². The molecule has 1 aliphatic heterocycles. The monoisotopic (exact) mass is 547 g/mol. The quantitative estimate of drug-likeness (QED) is 0.309. The molecule has 1 spiro atoms. The average Bonchev–Trinajstić information content (AvgIpc) is 3.57. The van der Waals surface area contributed by atoms with E-state index < -0.39 is 0 Å². The molecule has 10 heteroatoms. The van der Waals surface area contributed by atoms with Gasteiger partial charge in [-0.25, -0.2) is 15.0 Å². The number of hydrogen-bond acceptors (Lipinski definition) is 8. The number of nitrogens with one attached hydrogen (secondary N) is 2. The first kappa shape index (κ1) is 25.8. The standard InChI is InChI=1S/C29H34ClN7O2/c1-18(19-6-8-20(38-2)9-7-19)33-22-5-4-11-29(22)12-15-37(16-13-29)23-17-32-26-25(35-36-27(26)34-23)21-10-14-31-28(39-3)24(21)30/h6-10,14,17-18,22,33H,4-5,11-13,15-16H2,1-3H3,(H,34,35,36)/t18?,22-/m1/s1. The van der Waals surface area contributed by atoms with Crippen molar-refractivity contribution in [2.75, 3.05) is 32.2 Å². The molecule has 2 atom stereocenters. The Hall–Kier alpha value is -3.43. The maximum Gasteiger partial charge on any atom is 0.232 e. The van der Waals surface area contributed by atoms with Gasteiger partial charge in [-0.05, 0) is 61.8 Å². The lowest BCUT2D eigenvalue weighted by Crippen LogP contribution is -2.49. The highest BCUT2D eigenvalue weighted by Gasteiger charge is 2.45. The van der Waals surface area contributed by atoms with E-state index in [1.54, 1.807) is 20.4 Å². The van der Waals surface area contributed by atoms with E-state index in [2.05, 4.69) is 44.5 Å². The number of anilines is 1. The summed E-state index contributed by atoms with van der Waals surface area (Å²) in [6, 6.07) is 11.0. The summed E-state index contributed by atoms with van der Waals surface area (Å²) in [5, 5.41) is 11.9. The molecular weight excluding hydrogens is 514 g/mol. The number of ether oxygens (including phenoxy) is 2. The van der Waals surface area contributed by atoms with Crippen molar-refractivity contribution in [3.8, 4) is 22.9 Å². The summed E-state index contributed by atoms with van der Waals surface area (Å²) < 4.78 is 10.6. The van der Waals surface area contributed by atoms with Gasteiger partial charge in [-0.1, -0.05) is 30.2 Å². The molecule has 0 radical (unpaired) electrons. The van der Waals surface area contributed by atoms with Crippen molar-refractivity contribution in [1.82, 2.24) is 30.5 Å². The predicted octanol–water partition coefficient (Wildman–Crippen LogP) is 5.58. The van der Waals surface area contributed by atoms with Crippen molar-refractivity contribution in [1.29, 1.82) is 0 Å². The number of pyridine rings is 1. The Kier molecular flexibility index (Phi) is 7.03. The maximum atomic E-state index is 6.50. The van der Waals surface area contributed by atoms with Crippen molar-refractivity contribution in [2.45, 2.75) is 51.1 Å². The summed E-state index contributed by atoms with van der Waals surface area (Å²) in [4.78, 5) is 16.1. The minimum absolute atomic E-state index is 0.296. The molecule has 1 aromatic carbocycles. The van der Waals surface area contributed by atoms with Crippen LogP contribution in [0.4, 0.5) is 5.82 Å². The normalized spacial score (nSPS) is 19.5. The van der Waals surface area contributed by atoms with Gasteiger partial charge in [0.2, 0.25) is 11.5 Å². The van der Waals surface area contributed by atoms with E-state index in [9.17, 15) is 0 Å². The molecule has 39 heavy (non-hydrogen) atoms. The number of aromatic nitrogens is 5. The van der Waals surface area contributed by atoms with Crippen LogP contribution in [0.5, 0.6) is 11.6 Å². The Labute approximate surface area is 233 Å². The van der Waals surface area contributed by atoms with Crippen LogP contribution in [0.2, 0.25) is 5.02 Å². The van der Waals surface area contributed by atoms with Crippen LogP contribution in [0.1, 0.15) is 50.6 Å². The number of H-pyrrole nitrogens is 1. The highest BCUT2D eigenvalue weighted by Crippen LogP contribution is 2.47. The van der Waals surface area contributed by atoms with Gasteiger partial charge in [-0.2, -0.15) is 5.10 Å². The van der Waals surface area contributed by atoms with Crippen LogP contribution in [-0.4, -0.2) is 58.5 Å². The molecule has 4 heterocycles. The number of benzene rings is 1. The number of methoxy groups -OCH3 is 2. The highest BCUT2D eigenvalue weighted by molar-refractivity contribution is 6.34. The molecule has 4 aromatic rings. The number of hydrogen-bond donors (Lipinski definition) is 2. The van der Waals surface area contributed by atoms with E-state index in [4.69, 9.17) is 31.0 Å². The van der Waals surface area contributed by atoms with Gasteiger partial charge in [0.25, 0.3) is 0 Å². The van der Waals surface area contributed by atoms with E-state index in [1.807, 2.05) is 24.4 Å². The van der Waals surface area contributed by atoms with Crippen LogP contribution in [0.15, 0.2) is 42.7 Å². The number of fused-ring (bicyclic) bond motifs is 1. The number of halogens is 1. The summed E-state index contributed by atoms with van der Waals surface area (Å²) in [5.74, 6) is 2.12. The van der Waals surface area contributed by atoms with E-state index in [0.717, 1.165) is 43.1 Å². The summed E-state index contributed by atoms with van der Waals surface area (Å²) in [7, 11) is 3.25. The SMILES string of the molecule is COc1ccc(C(C)N[C@@H]2CCCC23CCN(c2cnc4c(-c5ccnc(OC)c5Cl)[nH]nc4n2)CC3)cc1. The fraction of sp³-hybridized carbons (Fsp3) is 0.448. The summed E-state index contributed by atoms with van der Waals surface area (Å²) >= 11 is 6.50. The number of rotatable bonds is 7. The molecule has 1 unspecified atom stereocenters. The zero-order valence-electron chi connectivity index (χ0n) is 22.6. The minimum Gasteiger partial charge on any atom is -0.497 e. The highest BCUT2D eigenvalue weighted by atomic mass is 35.5. The van der Waals surface area contributed by atoms with Gasteiger partial charge >= 0.3 is 0 Å². The molecule has 0 bridgehead atoms. The fourth-order valence-corrected chi connectivity index (χ4v) is 6.64. The molecule has 2 N–H and O–H groups in total. The number of aromatic amines is 1. The third kappa shape index (κ3) is 4.78. The van der Waals surface area contributed by atoms with Gasteiger partial charge in [-0.15, -0.1) is 0 Å². The molecular formula is C29H34ClN7O2. The summed E-state index contributed by atoms with van der Waals surface area (Å²) in [6.45, 7) is 4.18. The van der Waals surface area contributed by atoms with Gasteiger partial charge in [-0.3, -0.25) is 5.10 Å². The van der Waals surface area contributed by atoms with Gasteiger partial charge < -0.3 is 19.7 Å². The van der Waals surface area contributed by atoms with E-state index in [0.29, 0.717) is 45.3 Å². The maximum absolute atomic E-state index is 6.50. The lowest BCUT2D eigenvalue weighted by molar-refractivity contribution is 0.163. The summed E-state index contributed by atoms with van der Waals surface area (Å²) in [5.41, 5.74) is 4.31. The first-order chi connectivity index (χ1) is 19.0. The van der Waals surface area contributed by atoms with Crippen LogP contribution in [0, 0.1) is 5.41 Å². The van der Waals surface area contributed by atoms with Crippen molar-refractivity contribution in [3.63, 3.8) is 0 Å². The number of nitrogens with zero attached hydrogens (tertiary/aromatic N) is 5. The average molecular weight is 548 g/mol. The van der Waals surface area contributed by atoms with Crippen LogP contribution < -0.4 is 19.7 Å². The van der Waals surface area contributed by atoms with Crippen molar-refractivity contribution in [3.05, 3.63) is 53.3 Å². The van der Waals surface area contributed by atoms with Gasteiger partial charge in [0.1, 0.15) is 22.1 Å². The fourth-order valence-electron chi connectivity index (χ4n) is 6.36. The third-order valence-electron chi connectivity index (χ3n) is 8.63. The van der Waals surface area contributed by atoms with Crippen LogP contribution in [0.25, 0.3) is 22.4 Å². The molecule has 1 saturated heterocycles. The Balaban J connectivity index is 1.15. The van der Waals surface area contributed by atoms with E-state index in [1.165, 1.54) is 24.8 Å². The van der Waals surface area contributed by atoms with Crippen molar-refractivity contribution < 1.29 is 9.47 Å². The zero-order valence-corrected chi connectivity index (χ0v) is 23.3. The predicted molar refractivity (Wildman–Crippen MR) is 153 cm³/mol. The Morgan fingerprint density at radius 2 is 1.87 bits per heavy atom. The molecule has 9 nitrogen and oxygen atoms in total. The second-order valence-electron chi connectivity index (χ2n) is 10.6. The van der Waals surface area contributed by atoms with Crippen LogP contribution >= 0.6 is 11.6 Å². The van der Waals surface area contributed by atoms with Crippen molar-refractivity contribution in [2.24, 2.45) is 5.41 Å². The van der Waals surface area contributed by atoms with Crippen LogP contribution in [-0.2, 0) is 0 Å². The number of piperidine rings is 1. The molecule has 3 aromatic heterocycles. The topological polar surface area (TPSA) is 101 Å².